The molecule has 2 aromatic heterocycles. The molecule has 1 saturated heterocycles. The summed E-state index contributed by atoms with van der Waals surface area (Å²) < 4.78 is 11.1. The Hall–Kier alpha value is -3.71. The second kappa shape index (κ2) is 7.96. The summed E-state index contributed by atoms with van der Waals surface area (Å²) in [5, 5.41) is 2.93. The molecule has 7 heteroatoms. The van der Waals surface area contributed by atoms with Gasteiger partial charge < -0.3 is 19.4 Å². The monoisotopic (exact) mass is 400 g/mol. The molecular formula is C23H20N4O3. The van der Waals surface area contributed by atoms with Gasteiger partial charge >= 0.3 is 0 Å². The number of morpholine rings is 1. The molecule has 150 valence electrons. The quantitative estimate of drug-likeness (QED) is 0.558. The average Bonchev–Trinajstić information content (AvgIpc) is 3.25. The second-order valence-corrected chi connectivity index (χ2v) is 7.02. The first kappa shape index (κ1) is 18.3. The predicted molar refractivity (Wildman–Crippen MR) is 115 cm³/mol. The highest BCUT2D eigenvalue weighted by Crippen LogP contribution is 2.24. The van der Waals surface area contributed by atoms with Crippen LogP contribution < -0.4 is 10.2 Å². The van der Waals surface area contributed by atoms with Crippen LogP contribution in [0.3, 0.4) is 0 Å². The van der Waals surface area contributed by atoms with Crippen LogP contribution in [0.2, 0.25) is 0 Å². The molecule has 4 aromatic rings. The standard InChI is InChI=1S/C23H20N4O3/c28-22(16-5-9-19(10-6-16)27-12-14-29-15-13-27)25-18-7-3-17(4-8-18)23-26-21-20(30-23)2-1-11-24-21/h1-11H,12-15H2,(H,25,28). The summed E-state index contributed by atoms with van der Waals surface area (Å²) in [7, 11) is 0. The summed E-state index contributed by atoms with van der Waals surface area (Å²) >= 11 is 0. The van der Waals surface area contributed by atoms with Gasteiger partial charge in [0.25, 0.3) is 5.91 Å². The van der Waals surface area contributed by atoms with Crippen molar-refractivity contribution in [1.82, 2.24) is 9.97 Å². The third-order valence-corrected chi connectivity index (χ3v) is 5.06. The Balaban J connectivity index is 1.26. The van der Waals surface area contributed by atoms with E-state index in [0.29, 0.717) is 28.4 Å². The van der Waals surface area contributed by atoms with E-state index in [4.69, 9.17) is 9.15 Å². The van der Waals surface area contributed by atoms with Crippen LogP contribution in [-0.4, -0.2) is 42.2 Å². The van der Waals surface area contributed by atoms with E-state index >= 15 is 0 Å². The molecule has 0 saturated carbocycles. The molecule has 0 bridgehead atoms. The zero-order chi connectivity index (χ0) is 20.3. The summed E-state index contributed by atoms with van der Waals surface area (Å²) in [4.78, 5) is 23.4. The predicted octanol–water partition coefficient (Wildman–Crippen LogP) is 3.98. The minimum Gasteiger partial charge on any atom is -0.434 e. The van der Waals surface area contributed by atoms with E-state index in [1.165, 1.54) is 0 Å². The lowest BCUT2D eigenvalue weighted by atomic mass is 10.1. The first-order valence-corrected chi connectivity index (χ1v) is 9.82. The zero-order valence-corrected chi connectivity index (χ0v) is 16.2. The van der Waals surface area contributed by atoms with Crippen LogP contribution in [0.5, 0.6) is 0 Å². The molecule has 1 aliphatic heterocycles. The lowest BCUT2D eigenvalue weighted by Crippen LogP contribution is -2.36. The zero-order valence-electron chi connectivity index (χ0n) is 16.2. The topological polar surface area (TPSA) is 80.5 Å². The maximum absolute atomic E-state index is 12.6. The van der Waals surface area contributed by atoms with Gasteiger partial charge in [0.1, 0.15) is 0 Å². The van der Waals surface area contributed by atoms with Crippen molar-refractivity contribution in [3.05, 3.63) is 72.4 Å². The minimum atomic E-state index is -0.151. The van der Waals surface area contributed by atoms with E-state index < -0.39 is 0 Å². The summed E-state index contributed by atoms with van der Waals surface area (Å²) in [6.45, 7) is 3.21. The Morgan fingerprint density at radius 2 is 1.73 bits per heavy atom. The van der Waals surface area contributed by atoms with Crippen LogP contribution >= 0.6 is 0 Å². The van der Waals surface area contributed by atoms with Crippen LogP contribution in [0, 0.1) is 0 Å². The first-order valence-electron chi connectivity index (χ1n) is 9.82. The number of carbonyl (C=O) groups is 1. The number of ether oxygens (including phenoxy) is 1. The van der Waals surface area contributed by atoms with Crippen molar-refractivity contribution < 1.29 is 13.9 Å². The lowest BCUT2D eigenvalue weighted by Gasteiger charge is -2.28. The molecule has 5 rings (SSSR count). The molecule has 7 nitrogen and oxygen atoms in total. The highest BCUT2D eigenvalue weighted by Gasteiger charge is 2.13. The van der Waals surface area contributed by atoms with Gasteiger partial charge in [-0.15, -0.1) is 0 Å². The van der Waals surface area contributed by atoms with Crippen molar-refractivity contribution in [1.29, 1.82) is 0 Å². The Kier molecular flexibility index (Phi) is 4.86. The van der Waals surface area contributed by atoms with Crippen LogP contribution in [0.1, 0.15) is 10.4 Å². The maximum Gasteiger partial charge on any atom is 0.255 e. The molecule has 3 heterocycles. The fraction of sp³-hybridized carbons (Fsp3) is 0.174. The number of oxazole rings is 1. The molecule has 30 heavy (non-hydrogen) atoms. The van der Waals surface area contributed by atoms with E-state index in [-0.39, 0.29) is 5.91 Å². The smallest absolute Gasteiger partial charge is 0.255 e. The van der Waals surface area contributed by atoms with Crippen molar-refractivity contribution in [2.75, 3.05) is 36.5 Å². The van der Waals surface area contributed by atoms with Crippen molar-refractivity contribution in [2.45, 2.75) is 0 Å². The van der Waals surface area contributed by atoms with Crippen molar-refractivity contribution >= 4 is 28.5 Å². The van der Waals surface area contributed by atoms with E-state index in [9.17, 15) is 4.79 Å². The Morgan fingerprint density at radius 3 is 2.47 bits per heavy atom. The van der Waals surface area contributed by atoms with Crippen molar-refractivity contribution in [3.8, 4) is 11.5 Å². The van der Waals surface area contributed by atoms with E-state index in [1.807, 2.05) is 60.7 Å². The van der Waals surface area contributed by atoms with Gasteiger partial charge in [0.2, 0.25) is 5.89 Å². The second-order valence-electron chi connectivity index (χ2n) is 7.02. The molecule has 0 unspecified atom stereocenters. The molecule has 2 aromatic carbocycles. The molecule has 0 spiro atoms. The van der Waals surface area contributed by atoms with Crippen LogP contribution in [-0.2, 0) is 4.74 Å². The van der Waals surface area contributed by atoms with E-state index in [2.05, 4.69) is 20.2 Å². The van der Waals surface area contributed by atoms with Gasteiger partial charge in [0.05, 0.1) is 13.2 Å². The SMILES string of the molecule is O=C(Nc1ccc(-c2nc3ncccc3o2)cc1)c1ccc(N2CCOCC2)cc1. The minimum absolute atomic E-state index is 0.151. The number of fused-ring (bicyclic) bond motifs is 1. The van der Waals surface area contributed by atoms with Gasteiger partial charge in [-0.3, -0.25) is 4.79 Å². The molecular weight excluding hydrogens is 380 g/mol. The molecule has 1 amide bonds. The molecule has 0 aliphatic carbocycles. The normalized spacial score (nSPS) is 14.1. The number of nitrogens with one attached hydrogen (secondary N) is 1. The van der Waals surface area contributed by atoms with Gasteiger partial charge in [0.15, 0.2) is 11.2 Å². The van der Waals surface area contributed by atoms with Gasteiger partial charge in [-0.1, -0.05) is 0 Å². The van der Waals surface area contributed by atoms with Gasteiger partial charge in [0, 0.05) is 41.8 Å². The molecule has 1 N–H and O–H groups in total. The summed E-state index contributed by atoms with van der Waals surface area (Å²) in [5.41, 5.74) is 4.46. The average molecular weight is 400 g/mol. The summed E-state index contributed by atoms with van der Waals surface area (Å²) in [6, 6.07) is 18.7. The summed E-state index contributed by atoms with van der Waals surface area (Å²) in [5.74, 6) is 0.350. The molecule has 0 radical (unpaired) electrons. The number of rotatable bonds is 4. The number of hydrogen-bond donors (Lipinski definition) is 1. The number of amides is 1. The highest BCUT2D eigenvalue weighted by molar-refractivity contribution is 6.04. The largest absolute Gasteiger partial charge is 0.434 e. The van der Waals surface area contributed by atoms with E-state index in [0.717, 1.165) is 37.6 Å². The fourth-order valence-electron chi connectivity index (χ4n) is 3.44. The third kappa shape index (κ3) is 3.75. The summed E-state index contributed by atoms with van der Waals surface area (Å²) in [6.07, 6.45) is 1.68. The number of carbonyl (C=O) groups excluding carboxylic acids is 1. The van der Waals surface area contributed by atoms with E-state index in [1.54, 1.807) is 6.20 Å². The molecule has 1 fully saturated rings. The van der Waals surface area contributed by atoms with Crippen molar-refractivity contribution in [3.63, 3.8) is 0 Å². The number of pyridine rings is 1. The first-order chi connectivity index (χ1) is 14.8. The van der Waals surface area contributed by atoms with Gasteiger partial charge in [-0.05, 0) is 60.7 Å². The number of aromatic nitrogens is 2. The molecule has 0 atom stereocenters. The lowest BCUT2D eigenvalue weighted by molar-refractivity contribution is 0.102. The maximum atomic E-state index is 12.6. The highest BCUT2D eigenvalue weighted by atomic mass is 16.5. The number of benzene rings is 2. The van der Waals surface area contributed by atoms with Gasteiger partial charge in [-0.2, -0.15) is 4.98 Å². The Bertz CT molecular complexity index is 1130. The number of anilines is 2. The van der Waals surface area contributed by atoms with Crippen LogP contribution in [0.4, 0.5) is 11.4 Å². The Morgan fingerprint density at radius 1 is 0.967 bits per heavy atom. The third-order valence-electron chi connectivity index (χ3n) is 5.06. The Labute approximate surface area is 173 Å². The number of nitrogens with zero attached hydrogens (tertiary/aromatic N) is 3. The van der Waals surface area contributed by atoms with Crippen molar-refractivity contribution in [2.24, 2.45) is 0 Å². The van der Waals surface area contributed by atoms with Crippen LogP contribution in [0.25, 0.3) is 22.7 Å². The van der Waals surface area contributed by atoms with Gasteiger partial charge in [-0.25, -0.2) is 4.98 Å². The number of hydrogen-bond acceptors (Lipinski definition) is 6. The van der Waals surface area contributed by atoms with Crippen LogP contribution in [0.15, 0.2) is 71.3 Å². The fourth-order valence-corrected chi connectivity index (χ4v) is 3.44. The molecule has 1 aliphatic rings.